The molecule has 0 spiro atoms. The lowest BCUT2D eigenvalue weighted by atomic mass is 10.1. The van der Waals surface area contributed by atoms with Gasteiger partial charge in [0.15, 0.2) is 12.4 Å². The van der Waals surface area contributed by atoms with Crippen molar-refractivity contribution in [2.75, 3.05) is 24.3 Å². The van der Waals surface area contributed by atoms with Crippen molar-refractivity contribution in [1.29, 1.82) is 5.26 Å². The van der Waals surface area contributed by atoms with E-state index in [0.29, 0.717) is 34.1 Å². The SMILES string of the molecule is CN1C(=O)COc2ccc(C(=O)CSCc3ccc(C#N)cc3)cc21. The molecule has 0 saturated carbocycles. The molecule has 3 rings (SSSR count). The van der Waals surface area contributed by atoms with E-state index in [1.165, 1.54) is 16.7 Å². The minimum absolute atomic E-state index is 0.00728. The summed E-state index contributed by atoms with van der Waals surface area (Å²) in [5.41, 5.74) is 2.89. The van der Waals surface area contributed by atoms with Gasteiger partial charge < -0.3 is 9.64 Å². The highest BCUT2D eigenvalue weighted by Crippen LogP contribution is 2.32. The summed E-state index contributed by atoms with van der Waals surface area (Å²) < 4.78 is 5.37. The summed E-state index contributed by atoms with van der Waals surface area (Å²) in [6.45, 7) is 0.0250. The Morgan fingerprint density at radius 2 is 2.04 bits per heavy atom. The summed E-state index contributed by atoms with van der Waals surface area (Å²) in [7, 11) is 1.68. The third kappa shape index (κ3) is 3.83. The molecule has 1 aliphatic rings. The summed E-state index contributed by atoms with van der Waals surface area (Å²) in [5, 5.41) is 8.79. The second-order valence-corrected chi connectivity index (χ2v) is 6.63. The van der Waals surface area contributed by atoms with Crippen LogP contribution >= 0.6 is 11.8 Å². The van der Waals surface area contributed by atoms with Crippen molar-refractivity contribution in [3.63, 3.8) is 0 Å². The molecule has 6 heteroatoms. The van der Waals surface area contributed by atoms with Gasteiger partial charge in [-0.15, -0.1) is 11.8 Å². The molecule has 0 radical (unpaired) electrons. The van der Waals surface area contributed by atoms with E-state index < -0.39 is 0 Å². The van der Waals surface area contributed by atoms with Gasteiger partial charge in [-0.2, -0.15) is 5.26 Å². The maximum Gasteiger partial charge on any atom is 0.264 e. The lowest BCUT2D eigenvalue weighted by Gasteiger charge is -2.26. The highest BCUT2D eigenvalue weighted by atomic mass is 32.2. The Balaban J connectivity index is 1.61. The van der Waals surface area contributed by atoms with Crippen LogP contribution in [0.3, 0.4) is 0 Å². The molecule has 1 heterocycles. The van der Waals surface area contributed by atoms with Crippen LogP contribution in [-0.2, 0) is 10.5 Å². The molecule has 0 saturated heterocycles. The van der Waals surface area contributed by atoms with E-state index in [1.54, 1.807) is 37.4 Å². The number of benzene rings is 2. The number of Topliss-reactive ketones (excluding diaryl/α,β-unsaturated/α-hetero) is 1. The third-order valence-electron chi connectivity index (χ3n) is 3.95. The first-order valence-electron chi connectivity index (χ1n) is 7.72. The largest absolute Gasteiger partial charge is 0.482 e. The van der Waals surface area contributed by atoms with Crippen molar-refractivity contribution in [3.05, 3.63) is 59.2 Å². The minimum Gasteiger partial charge on any atom is -0.482 e. The van der Waals surface area contributed by atoms with Crippen LogP contribution in [0, 0.1) is 11.3 Å². The topological polar surface area (TPSA) is 70.4 Å². The fraction of sp³-hybridized carbons (Fsp3) is 0.211. The highest BCUT2D eigenvalue weighted by molar-refractivity contribution is 7.99. The number of amides is 1. The molecule has 2 aromatic rings. The molecule has 0 atom stereocenters. The maximum atomic E-state index is 12.4. The minimum atomic E-state index is -0.132. The standard InChI is InChI=1S/C19H16N2O3S/c1-21-16-8-15(6-7-18(16)24-10-19(21)23)17(22)12-25-11-14-4-2-13(9-20)3-5-14/h2-8H,10-12H2,1H3. The smallest absolute Gasteiger partial charge is 0.264 e. The van der Waals surface area contributed by atoms with Crippen LogP contribution in [-0.4, -0.2) is 31.1 Å². The van der Waals surface area contributed by atoms with Crippen LogP contribution in [0.4, 0.5) is 5.69 Å². The predicted octanol–water partition coefficient (Wildman–Crippen LogP) is 3.03. The molecular weight excluding hydrogens is 336 g/mol. The van der Waals surface area contributed by atoms with E-state index in [9.17, 15) is 9.59 Å². The highest BCUT2D eigenvalue weighted by Gasteiger charge is 2.23. The van der Waals surface area contributed by atoms with Gasteiger partial charge in [0.2, 0.25) is 0 Å². The number of rotatable bonds is 5. The number of likely N-dealkylation sites (N-methyl/N-ethyl adjacent to an activating group) is 1. The Hall–Kier alpha value is -2.78. The molecule has 0 aliphatic carbocycles. The molecule has 126 valence electrons. The van der Waals surface area contributed by atoms with Gasteiger partial charge in [-0.3, -0.25) is 9.59 Å². The van der Waals surface area contributed by atoms with Gasteiger partial charge in [0.05, 0.1) is 23.1 Å². The molecule has 5 nitrogen and oxygen atoms in total. The Morgan fingerprint density at radius 3 is 2.76 bits per heavy atom. The number of hydrogen-bond acceptors (Lipinski definition) is 5. The fourth-order valence-corrected chi connectivity index (χ4v) is 3.35. The molecule has 0 fully saturated rings. The van der Waals surface area contributed by atoms with Gasteiger partial charge in [-0.1, -0.05) is 12.1 Å². The van der Waals surface area contributed by atoms with Crippen LogP contribution in [0.15, 0.2) is 42.5 Å². The van der Waals surface area contributed by atoms with E-state index in [-0.39, 0.29) is 18.3 Å². The molecule has 0 aromatic heterocycles. The predicted molar refractivity (Wildman–Crippen MR) is 97.0 cm³/mol. The van der Waals surface area contributed by atoms with Gasteiger partial charge in [0.1, 0.15) is 5.75 Å². The van der Waals surface area contributed by atoms with Crippen LogP contribution in [0.2, 0.25) is 0 Å². The molecule has 0 unspecified atom stereocenters. The average Bonchev–Trinajstić information content (AvgIpc) is 2.65. The summed E-state index contributed by atoms with van der Waals surface area (Å²) in [6, 6.07) is 14.6. The summed E-state index contributed by atoms with van der Waals surface area (Å²) in [5.74, 6) is 1.53. The quantitative estimate of drug-likeness (QED) is 0.774. The van der Waals surface area contributed by atoms with Gasteiger partial charge in [-0.05, 0) is 35.9 Å². The number of anilines is 1. The molecule has 1 amide bonds. The van der Waals surface area contributed by atoms with E-state index >= 15 is 0 Å². The Labute approximate surface area is 150 Å². The fourth-order valence-electron chi connectivity index (χ4n) is 2.47. The number of carbonyl (C=O) groups excluding carboxylic acids is 2. The summed E-state index contributed by atoms with van der Waals surface area (Å²) in [4.78, 5) is 25.6. The Morgan fingerprint density at radius 1 is 1.28 bits per heavy atom. The first-order valence-corrected chi connectivity index (χ1v) is 8.87. The third-order valence-corrected chi connectivity index (χ3v) is 4.96. The lowest BCUT2D eigenvalue weighted by Crippen LogP contribution is -2.35. The van der Waals surface area contributed by atoms with Crippen molar-refractivity contribution < 1.29 is 14.3 Å². The molecule has 0 bridgehead atoms. The second kappa shape index (κ2) is 7.41. The number of carbonyl (C=O) groups is 2. The zero-order chi connectivity index (χ0) is 17.8. The van der Waals surface area contributed by atoms with Crippen LogP contribution < -0.4 is 9.64 Å². The zero-order valence-corrected chi connectivity index (χ0v) is 14.5. The van der Waals surface area contributed by atoms with Crippen molar-refractivity contribution in [3.8, 4) is 11.8 Å². The molecular formula is C19H16N2O3S. The van der Waals surface area contributed by atoms with Gasteiger partial charge in [0.25, 0.3) is 5.91 Å². The number of hydrogen-bond donors (Lipinski definition) is 0. The lowest BCUT2D eigenvalue weighted by molar-refractivity contribution is -0.120. The summed E-state index contributed by atoms with van der Waals surface area (Å²) >= 11 is 1.52. The monoisotopic (exact) mass is 352 g/mol. The van der Waals surface area contributed by atoms with Crippen LogP contribution in [0.5, 0.6) is 5.75 Å². The number of nitriles is 1. The molecule has 25 heavy (non-hydrogen) atoms. The molecule has 1 aliphatic heterocycles. The number of ketones is 1. The number of nitrogens with zero attached hydrogens (tertiary/aromatic N) is 2. The van der Waals surface area contributed by atoms with Crippen molar-refractivity contribution in [1.82, 2.24) is 0 Å². The molecule has 2 aromatic carbocycles. The van der Waals surface area contributed by atoms with Crippen LogP contribution in [0.25, 0.3) is 0 Å². The van der Waals surface area contributed by atoms with E-state index in [1.807, 2.05) is 12.1 Å². The first kappa shape index (κ1) is 17.1. The van der Waals surface area contributed by atoms with E-state index in [4.69, 9.17) is 10.00 Å². The maximum absolute atomic E-state index is 12.4. The Bertz CT molecular complexity index is 856. The molecule has 0 N–H and O–H groups in total. The zero-order valence-electron chi connectivity index (χ0n) is 13.7. The number of ether oxygens (including phenoxy) is 1. The normalized spacial score (nSPS) is 13.0. The van der Waals surface area contributed by atoms with Crippen molar-refractivity contribution in [2.45, 2.75) is 5.75 Å². The Kier molecular flexibility index (Phi) is 5.05. The van der Waals surface area contributed by atoms with Crippen molar-refractivity contribution >= 4 is 29.1 Å². The van der Waals surface area contributed by atoms with E-state index in [2.05, 4.69) is 6.07 Å². The van der Waals surface area contributed by atoms with Gasteiger partial charge in [0, 0.05) is 18.4 Å². The van der Waals surface area contributed by atoms with E-state index in [0.717, 1.165) is 5.56 Å². The first-order chi connectivity index (χ1) is 12.1. The van der Waals surface area contributed by atoms with Crippen LogP contribution in [0.1, 0.15) is 21.5 Å². The van der Waals surface area contributed by atoms with Crippen molar-refractivity contribution in [2.24, 2.45) is 0 Å². The number of fused-ring (bicyclic) bond motifs is 1. The average molecular weight is 352 g/mol. The van der Waals surface area contributed by atoms with Gasteiger partial charge in [-0.25, -0.2) is 0 Å². The second-order valence-electron chi connectivity index (χ2n) is 5.65. The summed E-state index contributed by atoms with van der Waals surface area (Å²) in [6.07, 6.45) is 0. The number of thioether (sulfide) groups is 1. The van der Waals surface area contributed by atoms with Gasteiger partial charge >= 0.3 is 0 Å².